The highest BCUT2D eigenvalue weighted by atomic mass is 16.7. The molecule has 1 saturated heterocycles. The second-order valence-corrected chi connectivity index (χ2v) is 13.6. The van der Waals surface area contributed by atoms with Gasteiger partial charge in [0.25, 0.3) is 0 Å². The summed E-state index contributed by atoms with van der Waals surface area (Å²) in [7, 11) is 0. The van der Waals surface area contributed by atoms with Gasteiger partial charge in [-0.3, -0.25) is 19.2 Å². The molecule has 2 aliphatic rings. The molecule has 2 heterocycles. The van der Waals surface area contributed by atoms with Crippen LogP contribution < -0.4 is 5.32 Å². The number of carbonyl (C=O) groups is 6. The van der Waals surface area contributed by atoms with Gasteiger partial charge in [-0.1, -0.05) is 84.1 Å². The lowest BCUT2D eigenvalue weighted by Crippen LogP contribution is -2.60. The van der Waals surface area contributed by atoms with Gasteiger partial charge in [0.2, 0.25) is 0 Å². The standard InChI is InChI=1S/C41H42N4O13/c1-23(46)52-22-35-36(55-24(2)47)37(56-25(3)48)38(57-26(4)49)39(58-35)45-19-28(43-44-45)18-34(40(50)53-20-27-12-6-5-7-13-27)42-41(51)54-21-33-31-16-10-8-14-29(31)30-15-9-11-17-32(30)33/h5-17,19,33-39H,18,20-22H2,1-4H3,(H,42,51)/t34-,35+,36+,37-,38+,39+/m0/s1. The Kier molecular flexibility index (Phi) is 13.1. The number of rotatable bonds is 14. The first-order valence-electron chi connectivity index (χ1n) is 18.4. The van der Waals surface area contributed by atoms with Gasteiger partial charge in [-0.25, -0.2) is 14.3 Å². The van der Waals surface area contributed by atoms with E-state index in [1.165, 1.54) is 6.20 Å². The molecule has 1 fully saturated rings. The number of fused-ring (bicyclic) bond motifs is 3. The van der Waals surface area contributed by atoms with Crippen molar-refractivity contribution in [1.29, 1.82) is 0 Å². The Balaban J connectivity index is 1.24. The van der Waals surface area contributed by atoms with E-state index in [2.05, 4.69) is 15.6 Å². The number of nitrogens with one attached hydrogen (secondary N) is 1. The van der Waals surface area contributed by atoms with Crippen LogP contribution in [0.5, 0.6) is 0 Å². The van der Waals surface area contributed by atoms with Crippen molar-refractivity contribution in [2.24, 2.45) is 0 Å². The second-order valence-electron chi connectivity index (χ2n) is 13.6. The molecular weight excluding hydrogens is 756 g/mol. The summed E-state index contributed by atoms with van der Waals surface area (Å²) < 4.78 is 40.3. The summed E-state index contributed by atoms with van der Waals surface area (Å²) in [6.07, 6.45) is -6.68. The van der Waals surface area contributed by atoms with Gasteiger partial charge in [-0.05, 0) is 27.8 Å². The first-order valence-corrected chi connectivity index (χ1v) is 18.4. The second kappa shape index (κ2) is 18.5. The van der Waals surface area contributed by atoms with Gasteiger partial charge in [-0.2, -0.15) is 0 Å². The maximum atomic E-state index is 13.6. The lowest BCUT2D eigenvalue weighted by atomic mass is 9.97. The third-order valence-corrected chi connectivity index (χ3v) is 9.34. The Labute approximate surface area is 332 Å². The summed E-state index contributed by atoms with van der Waals surface area (Å²) in [4.78, 5) is 75.6. The maximum absolute atomic E-state index is 13.6. The van der Waals surface area contributed by atoms with E-state index in [-0.39, 0.29) is 31.2 Å². The van der Waals surface area contributed by atoms with E-state index < -0.39 is 79.2 Å². The highest BCUT2D eigenvalue weighted by Gasteiger charge is 2.53. The van der Waals surface area contributed by atoms with E-state index in [0.717, 1.165) is 54.6 Å². The molecule has 3 aromatic carbocycles. The molecule has 1 aliphatic heterocycles. The first-order chi connectivity index (χ1) is 27.9. The Bertz CT molecular complexity index is 2090. The number of esters is 5. The van der Waals surface area contributed by atoms with Gasteiger partial charge >= 0.3 is 35.9 Å². The molecule has 0 bridgehead atoms. The summed E-state index contributed by atoms with van der Waals surface area (Å²) >= 11 is 0. The molecular formula is C41H42N4O13. The summed E-state index contributed by atoms with van der Waals surface area (Å²) in [5.41, 5.74) is 4.98. The fourth-order valence-electron chi connectivity index (χ4n) is 6.96. The Morgan fingerprint density at radius 3 is 1.90 bits per heavy atom. The fourth-order valence-corrected chi connectivity index (χ4v) is 6.96. The SMILES string of the molecule is CC(=O)OC[C@H]1O[C@@H](n2cc(C[C@H](NC(=O)OCC3c4ccccc4-c4ccccc43)C(=O)OCc3ccccc3)nn2)[C@H](OC(C)=O)[C@@H](OC(C)=O)[C@@H]1OC(C)=O. The number of hydrogen-bond donors (Lipinski definition) is 1. The van der Waals surface area contributed by atoms with Gasteiger partial charge in [0.15, 0.2) is 24.5 Å². The van der Waals surface area contributed by atoms with Gasteiger partial charge in [0.05, 0.1) is 11.9 Å². The van der Waals surface area contributed by atoms with Crippen molar-refractivity contribution in [3.8, 4) is 11.1 Å². The van der Waals surface area contributed by atoms with Crippen molar-refractivity contribution in [3.63, 3.8) is 0 Å². The highest BCUT2D eigenvalue weighted by Crippen LogP contribution is 2.44. The van der Waals surface area contributed by atoms with Crippen LogP contribution in [0, 0.1) is 0 Å². The number of hydrogen-bond acceptors (Lipinski definition) is 15. The Hall–Kier alpha value is -6.62. The molecule has 0 spiro atoms. The minimum atomic E-state index is -1.46. The van der Waals surface area contributed by atoms with Crippen LogP contribution in [0.4, 0.5) is 4.79 Å². The first kappa shape index (κ1) is 41.0. The third-order valence-electron chi connectivity index (χ3n) is 9.34. The van der Waals surface area contributed by atoms with Crippen LogP contribution in [0.2, 0.25) is 0 Å². The van der Waals surface area contributed by atoms with Crippen LogP contribution >= 0.6 is 0 Å². The molecule has 17 heteroatoms. The maximum Gasteiger partial charge on any atom is 0.407 e. The molecule has 4 aromatic rings. The van der Waals surface area contributed by atoms with Crippen molar-refractivity contribution < 1.29 is 61.9 Å². The molecule has 6 atom stereocenters. The van der Waals surface area contributed by atoms with Crippen molar-refractivity contribution in [2.75, 3.05) is 13.2 Å². The van der Waals surface area contributed by atoms with E-state index in [9.17, 15) is 28.8 Å². The van der Waals surface area contributed by atoms with Gasteiger partial charge in [0.1, 0.15) is 32.0 Å². The minimum absolute atomic E-state index is 0.00920. The van der Waals surface area contributed by atoms with Gasteiger partial charge in [0, 0.05) is 40.0 Å². The molecule has 58 heavy (non-hydrogen) atoms. The van der Waals surface area contributed by atoms with Crippen LogP contribution in [0.25, 0.3) is 11.1 Å². The van der Waals surface area contributed by atoms with Gasteiger partial charge < -0.3 is 38.5 Å². The van der Waals surface area contributed by atoms with Crippen LogP contribution in [0.15, 0.2) is 85.1 Å². The Morgan fingerprint density at radius 2 is 1.28 bits per heavy atom. The normalized spacial score (nSPS) is 20.0. The molecule has 0 saturated carbocycles. The number of nitrogens with zero attached hydrogens (tertiary/aromatic N) is 3. The van der Waals surface area contributed by atoms with Crippen LogP contribution in [0.3, 0.4) is 0 Å². The predicted molar refractivity (Wildman–Crippen MR) is 199 cm³/mol. The number of aromatic nitrogens is 3. The van der Waals surface area contributed by atoms with Gasteiger partial charge in [-0.15, -0.1) is 5.10 Å². The average molecular weight is 799 g/mol. The average Bonchev–Trinajstić information content (AvgIpc) is 3.79. The summed E-state index contributed by atoms with van der Waals surface area (Å²) in [5, 5.41) is 10.9. The molecule has 0 radical (unpaired) electrons. The fraction of sp³-hybridized carbons (Fsp3) is 0.366. The third kappa shape index (κ3) is 10.0. The van der Waals surface area contributed by atoms with Crippen LogP contribution in [-0.4, -0.2) is 94.6 Å². The highest BCUT2D eigenvalue weighted by molar-refractivity contribution is 5.82. The van der Waals surface area contributed by atoms with Crippen molar-refractivity contribution in [2.45, 2.75) is 83.3 Å². The summed E-state index contributed by atoms with van der Waals surface area (Å²) in [5.74, 6) is -4.09. The summed E-state index contributed by atoms with van der Waals surface area (Å²) in [6, 6.07) is 23.4. The molecule has 17 nitrogen and oxygen atoms in total. The van der Waals surface area contributed by atoms with E-state index in [1.807, 2.05) is 54.6 Å². The number of amides is 1. The van der Waals surface area contributed by atoms with Crippen molar-refractivity contribution in [1.82, 2.24) is 20.3 Å². The number of benzene rings is 3. The Morgan fingerprint density at radius 1 is 0.690 bits per heavy atom. The molecule has 1 N–H and O–H groups in total. The van der Waals surface area contributed by atoms with Crippen molar-refractivity contribution in [3.05, 3.63) is 107 Å². The monoisotopic (exact) mass is 798 g/mol. The van der Waals surface area contributed by atoms with E-state index in [0.29, 0.717) is 5.56 Å². The largest absolute Gasteiger partial charge is 0.463 e. The smallest absolute Gasteiger partial charge is 0.407 e. The lowest BCUT2D eigenvalue weighted by Gasteiger charge is -2.44. The van der Waals surface area contributed by atoms with Crippen molar-refractivity contribution >= 4 is 35.9 Å². The zero-order chi connectivity index (χ0) is 41.3. The topological polar surface area (TPSA) is 210 Å². The lowest BCUT2D eigenvalue weighted by molar-refractivity contribution is -0.270. The zero-order valence-corrected chi connectivity index (χ0v) is 32.1. The number of carbonyl (C=O) groups excluding carboxylic acids is 6. The molecule has 6 rings (SSSR count). The molecule has 1 aromatic heterocycles. The van der Waals surface area contributed by atoms with E-state index in [1.54, 1.807) is 24.3 Å². The van der Waals surface area contributed by atoms with Crippen LogP contribution in [0.1, 0.15) is 62.2 Å². The molecule has 0 unspecified atom stereocenters. The quantitative estimate of drug-likeness (QED) is 0.142. The molecule has 1 aliphatic carbocycles. The van der Waals surface area contributed by atoms with E-state index in [4.69, 9.17) is 33.2 Å². The summed E-state index contributed by atoms with van der Waals surface area (Å²) in [6.45, 7) is 3.95. The number of alkyl carbamates (subject to hydrolysis) is 1. The number of ether oxygens (including phenoxy) is 7. The minimum Gasteiger partial charge on any atom is -0.463 e. The predicted octanol–water partition coefficient (Wildman–Crippen LogP) is 3.73. The molecule has 304 valence electrons. The zero-order valence-electron chi connectivity index (χ0n) is 32.1. The van der Waals surface area contributed by atoms with Crippen LogP contribution in [-0.2, 0) is 70.2 Å². The molecule has 1 amide bonds. The van der Waals surface area contributed by atoms with E-state index >= 15 is 0 Å².